The first-order valence-corrected chi connectivity index (χ1v) is 22.5. The van der Waals surface area contributed by atoms with Crippen molar-refractivity contribution in [1.29, 1.82) is 0 Å². The fraction of sp³-hybridized carbons (Fsp3) is 0.0333. The Balaban J connectivity index is 1.02. The molecule has 296 valence electrons. The first-order valence-electron chi connectivity index (χ1n) is 21.5. The summed E-state index contributed by atoms with van der Waals surface area (Å²) in [6, 6.07) is 70.8. The number of thioether (sulfide) groups is 1. The van der Waals surface area contributed by atoms with Crippen molar-refractivity contribution in [2.24, 2.45) is 0 Å². The lowest BCUT2D eigenvalue weighted by molar-refractivity contribution is 0.769. The molecule has 10 aromatic rings. The molecule has 0 atom stereocenters. The summed E-state index contributed by atoms with van der Waals surface area (Å²) < 4.78 is 0. The molecule has 9 aromatic carbocycles. The molecule has 2 heterocycles. The molecule has 2 aliphatic rings. The maximum Gasteiger partial charge on any atom is 0.0979 e. The minimum atomic E-state index is -0.596. The molecule has 0 bridgehead atoms. The lowest BCUT2D eigenvalue weighted by Gasteiger charge is -2.34. The highest BCUT2D eigenvalue weighted by molar-refractivity contribution is 7.99. The second kappa shape index (κ2) is 15.1. The van der Waals surface area contributed by atoms with Gasteiger partial charge in [0.15, 0.2) is 0 Å². The molecule has 0 N–H and O–H groups in total. The Morgan fingerprint density at radius 1 is 0.476 bits per heavy atom. The molecule has 1 aliphatic carbocycles. The number of nitrogens with zero attached hydrogens (tertiary/aromatic N) is 2. The van der Waals surface area contributed by atoms with Crippen LogP contribution in [0.15, 0.2) is 230 Å². The summed E-state index contributed by atoms with van der Waals surface area (Å²) in [5.41, 5.74) is 17.7. The van der Waals surface area contributed by atoms with Gasteiger partial charge in [-0.15, -0.1) is 11.8 Å². The zero-order chi connectivity index (χ0) is 41.9. The van der Waals surface area contributed by atoms with E-state index in [4.69, 9.17) is 9.97 Å². The van der Waals surface area contributed by atoms with Crippen molar-refractivity contribution < 1.29 is 0 Å². The van der Waals surface area contributed by atoms with Crippen LogP contribution in [-0.2, 0) is 5.41 Å². The Hall–Kier alpha value is -7.59. The Morgan fingerprint density at radius 2 is 1.05 bits per heavy atom. The second-order valence-corrected chi connectivity index (χ2v) is 17.5. The summed E-state index contributed by atoms with van der Waals surface area (Å²) in [5.74, 6) is 0.861. The highest BCUT2D eigenvalue weighted by Gasteiger charge is 2.46. The topological polar surface area (TPSA) is 25.8 Å². The van der Waals surface area contributed by atoms with Crippen molar-refractivity contribution in [3.05, 3.63) is 259 Å². The fourth-order valence-corrected chi connectivity index (χ4v) is 11.2. The van der Waals surface area contributed by atoms with Gasteiger partial charge in [-0.05, 0) is 102 Å². The van der Waals surface area contributed by atoms with Crippen LogP contribution in [0.1, 0.15) is 33.4 Å². The van der Waals surface area contributed by atoms with Crippen LogP contribution < -0.4 is 0 Å². The van der Waals surface area contributed by atoms with Crippen LogP contribution in [0, 0.1) is 0 Å². The maximum atomic E-state index is 5.45. The number of rotatable bonds is 5. The summed E-state index contributed by atoms with van der Waals surface area (Å²) in [5, 5.41) is 4.62. The summed E-state index contributed by atoms with van der Waals surface area (Å²) in [6.45, 7) is 4.36. The molecule has 0 saturated carbocycles. The normalized spacial score (nSPS) is 15.4. The van der Waals surface area contributed by atoms with Crippen LogP contribution >= 0.6 is 11.8 Å². The molecule has 1 aliphatic heterocycles. The van der Waals surface area contributed by atoms with Crippen molar-refractivity contribution in [2.75, 3.05) is 5.75 Å². The quantitative estimate of drug-likeness (QED) is 0.162. The highest BCUT2D eigenvalue weighted by Crippen LogP contribution is 2.57. The third-order valence-corrected chi connectivity index (χ3v) is 14.2. The van der Waals surface area contributed by atoms with Gasteiger partial charge in [0, 0.05) is 27.0 Å². The van der Waals surface area contributed by atoms with Gasteiger partial charge in [-0.2, -0.15) is 0 Å². The molecule has 63 heavy (non-hydrogen) atoms. The molecule has 0 fully saturated rings. The zero-order valence-corrected chi connectivity index (χ0v) is 35.3. The van der Waals surface area contributed by atoms with Gasteiger partial charge in [-0.25, -0.2) is 4.98 Å². The number of hydrogen-bond acceptors (Lipinski definition) is 3. The van der Waals surface area contributed by atoms with Crippen LogP contribution in [0.2, 0.25) is 0 Å². The first-order chi connectivity index (χ1) is 31.1. The molecule has 0 unspecified atom stereocenters. The van der Waals surface area contributed by atoms with E-state index in [-0.39, 0.29) is 0 Å². The summed E-state index contributed by atoms with van der Waals surface area (Å²) in [6.07, 6.45) is 8.49. The van der Waals surface area contributed by atoms with Crippen molar-refractivity contribution in [2.45, 2.75) is 10.3 Å². The third kappa shape index (κ3) is 6.03. The fourth-order valence-electron chi connectivity index (χ4n) is 10.1. The predicted molar refractivity (Wildman–Crippen MR) is 266 cm³/mol. The number of hydrogen-bond donors (Lipinski definition) is 0. The van der Waals surface area contributed by atoms with Crippen molar-refractivity contribution >= 4 is 55.5 Å². The standard InChI is InChI=1S/C60H40N2S/c1-39-16-14-19-44(38-63-57-29-13-12-24-47(39)57)41-18-15-17-40(34-41)42-30-32-50-51-33-31-43(36-55(51)60(54(50)35-42,45-20-4-2-5-21-45)46-22-6-3-7-23-46)56-37-61-58-52-27-10-8-25-48(52)49-26-9-11-28-53(49)59(58)62-56/h2-37H,1,38H2/b16-14-,44-19+. The molecule has 3 heteroatoms. The van der Waals surface area contributed by atoms with Gasteiger partial charge in [0.25, 0.3) is 0 Å². The Labute approximate surface area is 371 Å². The van der Waals surface area contributed by atoms with E-state index in [1.165, 1.54) is 76.9 Å². The average molecular weight is 821 g/mol. The number of benzene rings is 9. The van der Waals surface area contributed by atoms with Gasteiger partial charge >= 0.3 is 0 Å². The second-order valence-electron chi connectivity index (χ2n) is 16.5. The molecule has 0 saturated heterocycles. The van der Waals surface area contributed by atoms with Crippen molar-refractivity contribution in [3.63, 3.8) is 0 Å². The van der Waals surface area contributed by atoms with Gasteiger partial charge < -0.3 is 0 Å². The van der Waals surface area contributed by atoms with Gasteiger partial charge in [-0.3, -0.25) is 4.98 Å². The number of aromatic nitrogens is 2. The highest BCUT2D eigenvalue weighted by atomic mass is 32.2. The van der Waals surface area contributed by atoms with E-state index >= 15 is 0 Å². The monoisotopic (exact) mass is 820 g/mol. The molecular weight excluding hydrogens is 781 g/mol. The largest absolute Gasteiger partial charge is 0.252 e. The van der Waals surface area contributed by atoms with E-state index in [1.807, 2.05) is 18.0 Å². The lowest BCUT2D eigenvalue weighted by atomic mass is 9.67. The maximum absolute atomic E-state index is 5.45. The number of fused-ring (bicyclic) bond motifs is 10. The minimum Gasteiger partial charge on any atom is -0.252 e. The van der Waals surface area contributed by atoms with Crippen molar-refractivity contribution in [1.82, 2.24) is 9.97 Å². The van der Waals surface area contributed by atoms with E-state index in [2.05, 4.69) is 219 Å². The summed E-state index contributed by atoms with van der Waals surface area (Å²) in [4.78, 5) is 11.9. The first kappa shape index (κ1) is 37.2. The zero-order valence-electron chi connectivity index (χ0n) is 34.5. The van der Waals surface area contributed by atoms with Gasteiger partial charge in [0.05, 0.1) is 28.3 Å². The minimum absolute atomic E-state index is 0.596. The van der Waals surface area contributed by atoms with Crippen LogP contribution in [0.4, 0.5) is 0 Å². The molecule has 1 aromatic heterocycles. The number of allylic oxidation sites excluding steroid dienone is 4. The Morgan fingerprint density at radius 3 is 1.76 bits per heavy atom. The average Bonchev–Trinajstić information content (AvgIpc) is 3.68. The molecule has 0 radical (unpaired) electrons. The van der Waals surface area contributed by atoms with Gasteiger partial charge in [0.1, 0.15) is 0 Å². The van der Waals surface area contributed by atoms with E-state index in [1.54, 1.807) is 0 Å². The van der Waals surface area contributed by atoms with Gasteiger partial charge in [0.2, 0.25) is 0 Å². The van der Waals surface area contributed by atoms with Crippen LogP contribution in [-0.4, -0.2) is 15.7 Å². The summed E-state index contributed by atoms with van der Waals surface area (Å²) >= 11 is 1.87. The molecule has 0 amide bonds. The third-order valence-electron chi connectivity index (χ3n) is 13.1. The predicted octanol–water partition coefficient (Wildman–Crippen LogP) is 15.4. The van der Waals surface area contributed by atoms with Crippen molar-refractivity contribution in [3.8, 4) is 33.5 Å². The molecule has 2 nitrogen and oxygen atoms in total. The van der Waals surface area contributed by atoms with E-state index < -0.39 is 5.41 Å². The SMILES string of the molecule is C=C1/C=C\C=C(\c2cccc(-c3ccc4c(c3)C(c3ccccc3)(c3ccccc3)c3cc(-c5cnc6c7ccccc7c7ccccc7c6n5)ccc3-4)c2)CSc2ccccc21. The summed E-state index contributed by atoms with van der Waals surface area (Å²) in [7, 11) is 0. The Bertz CT molecular complexity index is 3450. The van der Waals surface area contributed by atoms with Crippen LogP contribution in [0.5, 0.6) is 0 Å². The molecule has 12 rings (SSSR count). The van der Waals surface area contributed by atoms with Gasteiger partial charge in [-0.1, -0.05) is 195 Å². The van der Waals surface area contributed by atoms with E-state index in [0.717, 1.165) is 44.4 Å². The van der Waals surface area contributed by atoms with E-state index in [0.29, 0.717) is 0 Å². The van der Waals surface area contributed by atoms with E-state index in [9.17, 15) is 0 Å². The Kier molecular flexibility index (Phi) is 8.91. The molecular formula is C60H40N2S. The van der Waals surface area contributed by atoms with Crippen LogP contribution in [0.25, 0.3) is 77.2 Å². The lowest BCUT2D eigenvalue weighted by Crippen LogP contribution is -2.28. The smallest absolute Gasteiger partial charge is 0.0979 e. The molecule has 0 spiro atoms. The van der Waals surface area contributed by atoms with Crippen LogP contribution in [0.3, 0.4) is 0 Å².